The van der Waals surface area contributed by atoms with Crippen molar-refractivity contribution in [3.8, 4) is 5.75 Å². The number of ether oxygens (including phenoxy) is 1. The number of hydrogen-bond acceptors (Lipinski definition) is 4. The second kappa shape index (κ2) is 7.48. The van der Waals surface area contributed by atoms with Crippen LogP contribution in [0.2, 0.25) is 0 Å². The highest BCUT2D eigenvalue weighted by Crippen LogP contribution is 2.13. The molecule has 100 valence electrons. The van der Waals surface area contributed by atoms with E-state index in [1.54, 1.807) is 12.5 Å². The first-order valence-electron chi connectivity index (χ1n) is 6.56. The minimum atomic E-state index is 0.739. The minimum absolute atomic E-state index is 0.739. The van der Waals surface area contributed by atoms with Crippen LogP contribution in [0.1, 0.15) is 24.6 Å². The van der Waals surface area contributed by atoms with Crippen molar-refractivity contribution in [2.75, 3.05) is 6.61 Å². The van der Waals surface area contributed by atoms with Gasteiger partial charge in [-0.3, -0.25) is 0 Å². The molecule has 0 aliphatic heterocycles. The molecule has 1 N–H and O–H groups in total. The van der Waals surface area contributed by atoms with E-state index in [1.807, 2.05) is 18.2 Å². The van der Waals surface area contributed by atoms with Crippen molar-refractivity contribution >= 4 is 0 Å². The van der Waals surface area contributed by atoms with Crippen LogP contribution in [0, 0.1) is 0 Å². The average molecular weight is 257 g/mol. The van der Waals surface area contributed by atoms with Crippen molar-refractivity contribution in [3.63, 3.8) is 0 Å². The smallest absolute Gasteiger partial charge is 0.119 e. The third-order valence-electron chi connectivity index (χ3n) is 2.65. The summed E-state index contributed by atoms with van der Waals surface area (Å²) in [5.74, 6) is 0.934. The summed E-state index contributed by atoms with van der Waals surface area (Å²) in [4.78, 5) is 8.07. The molecule has 4 heteroatoms. The van der Waals surface area contributed by atoms with Gasteiger partial charge in [0.15, 0.2) is 0 Å². The molecular weight excluding hydrogens is 238 g/mol. The minimum Gasteiger partial charge on any atom is -0.494 e. The Kier molecular flexibility index (Phi) is 5.31. The standard InChI is InChI=1S/C15H19N3O/c1-2-8-19-15-5-3-4-13(9-15)10-17-11-14-6-7-16-12-18-14/h3-7,9,12,17H,2,8,10-11H2,1H3. The molecule has 0 radical (unpaired) electrons. The van der Waals surface area contributed by atoms with Gasteiger partial charge in [-0.2, -0.15) is 0 Å². The van der Waals surface area contributed by atoms with Gasteiger partial charge < -0.3 is 10.1 Å². The van der Waals surface area contributed by atoms with E-state index >= 15 is 0 Å². The molecule has 1 heterocycles. The summed E-state index contributed by atoms with van der Waals surface area (Å²) in [5, 5.41) is 3.36. The molecule has 4 nitrogen and oxygen atoms in total. The van der Waals surface area contributed by atoms with Gasteiger partial charge >= 0.3 is 0 Å². The molecular formula is C15H19N3O. The summed E-state index contributed by atoms with van der Waals surface area (Å²) < 4.78 is 5.61. The molecule has 0 aliphatic rings. The van der Waals surface area contributed by atoms with Crippen molar-refractivity contribution in [1.82, 2.24) is 15.3 Å². The summed E-state index contributed by atoms with van der Waals surface area (Å²) in [6, 6.07) is 10.1. The molecule has 0 saturated carbocycles. The largest absolute Gasteiger partial charge is 0.494 e. The lowest BCUT2D eigenvalue weighted by atomic mass is 10.2. The van der Waals surface area contributed by atoms with Crippen LogP contribution in [0.25, 0.3) is 0 Å². The summed E-state index contributed by atoms with van der Waals surface area (Å²) in [5.41, 5.74) is 2.20. The lowest BCUT2D eigenvalue weighted by Crippen LogP contribution is -2.13. The predicted octanol–water partition coefficient (Wildman–Crippen LogP) is 2.56. The molecule has 0 amide bonds. The normalized spacial score (nSPS) is 10.4. The van der Waals surface area contributed by atoms with Crippen LogP contribution in [0.4, 0.5) is 0 Å². The van der Waals surface area contributed by atoms with Crippen molar-refractivity contribution in [2.24, 2.45) is 0 Å². The highest BCUT2D eigenvalue weighted by atomic mass is 16.5. The highest BCUT2D eigenvalue weighted by molar-refractivity contribution is 5.28. The number of benzene rings is 1. The van der Waals surface area contributed by atoms with Crippen LogP contribution >= 0.6 is 0 Å². The summed E-state index contributed by atoms with van der Waals surface area (Å²) in [7, 11) is 0. The number of hydrogen-bond donors (Lipinski definition) is 1. The number of aromatic nitrogens is 2. The topological polar surface area (TPSA) is 47.0 Å². The Morgan fingerprint density at radius 1 is 1.21 bits per heavy atom. The maximum Gasteiger partial charge on any atom is 0.119 e. The lowest BCUT2D eigenvalue weighted by molar-refractivity contribution is 0.317. The molecule has 0 aliphatic carbocycles. The van der Waals surface area contributed by atoms with Gasteiger partial charge in [-0.05, 0) is 30.2 Å². The van der Waals surface area contributed by atoms with E-state index in [4.69, 9.17) is 4.74 Å². The predicted molar refractivity (Wildman–Crippen MR) is 74.8 cm³/mol. The molecule has 19 heavy (non-hydrogen) atoms. The van der Waals surface area contributed by atoms with Crippen LogP contribution in [0.5, 0.6) is 5.75 Å². The lowest BCUT2D eigenvalue weighted by Gasteiger charge is -2.08. The number of nitrogens with zero attached hydrogens (tertiary/aromatic N) is 2. The van der Waals surface area contributed by atoms with E-state index in [-0.39, 0.29) is 0 Å². The van der Waals surface area contributed by atoms with Gasteiger partial charge in [-0.25, -0.2) is 9.97 Å². The maximum atomic E-state index is 5.61. The first-order valence-corrected chi connectivity index (χ1v) is 6.56. The summed E-state index contributed by atoms with van der Waals surface area (Å²) >= 11 is 0. The molecule has 0 unspecified atom stereocenters. The Morgan fingerprint density at radius 3 is 2.95 bits per heavy atom. The Morgan fingerprint density at radius 2 is 2.16 bits per heavy atom. The van der Waals surface area contributed by atoms with E-state index < -0.39 is 0 Å². The van der Waals surface area contributed by atoms with Gasteiger partial charge in [0.2, 0.25) is 0 Å². The van der Waals surface area contributed by atoms with Gasteiger partial charge in [0.1, 0.15) is 12.1 Å². The van der Waals surface area contributed by atoms with Crippen LogP contribution < -0.4 is 10.1 Å². The van der Waals surface area contributed by atoms with E-state index in [9.17, 15) is 0 Å². The van der Waals surface area contributed by atoms with Gasteiger partial charge in [0.05, 0.1) is 12.3 Å². The molecule has 0 fully saturated rings. The fraction of sp³-hybridized carbons (Fsp3) is 0.333. The quantitative estimate of drug-likeness (QED) is 0.828. The molecule has 0 atom stereocenters. The molecule has 1 aromatic carbocycles. The maximum absolute atomic E-state index is 5.61. The second-order valence-electron chi connectivity index (χ2n) is 4.30. The van der Waals surface area contributed by atoms with Gasteiger partial charge in [-0.1, -0.05) is 19.1 Å². The number of nitrogens with one attached hydrogen (secondary N) is 1. The summed E-state index contributed by atoms with van der Waals surface area (Å²) in [6.45, 7) is 4.40. The molecule has 1 aromatic heterocycles. The fourth-order valence-electron chi connectivity index (χ4n) is 1.72. The van der Waals surface area contributed by atoms with E-state index in [1.165, 1.54) is 5.56 Å². The van der Waals surface area contributed by atoms with Crippen molar-refractivity contribution in [1.29, 1.82) is 0 Å². The Balaban J connectivity index is 1.82. The highest BCUT2D eigenvalue weighted by Gasteiger charge is 1.98. The molecule has 2 rings (SSSR count). The van der Waals surface area contributed by atoms with E-state index in [0.717, 1.165) is 37.6 Å². The Hall–Kier alpha value is -1.94. The van der Waals surface area contributed by atoms with Crippen molar-refractivity contribution in [3.05, 3.63) is 54.1 Å². The second-order valence-corrected chi connectivity index (χ2v) is 4.30. The van der Waals surface area contributed by atoms with Gasteiger partial charge in [0.25, 0.3) is 0 Å². The average Bonchev–Trinajstić information content (AvgIpc) is 2.47. The first-order chi connectivity index (χ1) is 9.38. The van der Waals surface area contributed by atoms with Crippen LogP contribution in [-0.4, -0.2) is 16.6 Å². The molecule has 0 saturated heterocycles. The van der Waals surface area contributed by atoms with E-state index in [0.29, 0.717) is 0 Å². The fourth-order valence-corrected chi connectivity index (χ4v) is 1.72. The van der Waals surface area contributed by atoms with Crippen LogP contribution in [-0.2, 0) is 13.1 Å². The molecule has 2 aromatic rings. The third-order valence-corrected chi connectivity index (χ3v) is 2.65. The number of rotatable bonds is 7. The molecule has 0 spiro atoms. The first kappa shape index (κ1) is 13.5. The zero-order valence-electron chi connectivity index (χ0n) is 11.2. The summed E-state index contributed by atoms with van der Waals surface area (Å²) in [6.07, 6.45) is 4.34. The van der Waals surface area contributed by atoms with Gasteiger partial charge in [0, 0.05) is 19.3 Å². The monoisotopic (exact) mass is 257 g/mol. The van der Waals surface area contributed by atoms with Gasteiger partial charge in [-0.15, -0.1) is 0 Å². The Bertz CT molecular complexity index is 488. The SMILES string of the molecule is CCCOc1cccc(CNCc2ccncn2)c1. The third kappa shape index (κ3) is 4.67. The van der Waals surface area contributed by atoms with Crippen LogP contribution in [0.15, 0.2) is 42.9 Å². The van der Waals surface area contributed by atoms with Crippen LogP contribution in [0.3, 0.4) is 0 Å². The Labute approximate surface area is 113 Å². The van der Waals surface area contributed by atoms with E-state index in [2.05, 4.69) is 34.3 Å². The zero-order valence-corrected chi connectivity index (χ0v) is 11.2. The molecule has 0 bridgehead atoms. The zero-order chi connectivity index (χ0) is 13.3. The van der Waals surface area contributed by atoms with Crippen molar-refractivity contribution < 1.29 is 4.74 Å². The van der Waals surface area contributed by atoms with Crippen molar-refractivity contribution in [2.45, 2.75) is 26.4 Å².